The van der Waals surface area contributed by atoms with E-state index in [4.69, 9.17) is 37.6 Å². The molecule has 2 amide bonds. The van der Waals surface area contributed by atoms with Crippen molar-refractivity contribution in [2.75, 3.05) is 38.8 Å². The topological polar surface area (TPSA) is 384 Å². The Bertz CT molecular complexity index is 2340. The van der Waals surface area contributed by atoms with Gasteiger partial charge in [0.25, 0.3) is 17.8 Å². The highest BCUT2D eigenvalue weighted by Gasteiger charge is 2.45. The summed E-state index contributed by atoms with van der Waals surface area (Å²) in [6, 6.07) is 0. The first-order chi connectivity index (χ1) is 27.3. The minimum Gasteiger partial charge on any atom is -0.394 e. The molecular formula is C30H38ClIN16O10. The lowest BCUT2D eigenvalue weighted by molar-refractivity contribution is -0.0511. The zero-order chi connectivity index (χ0) is 41.1. The Hall–Kier alpha value is -5.24. The van der Waals surface area contributed by atoms with E-state index in [0.29, 0.717) is 16.6 Å². The van der Waals surface area contributed by atoms with Crippen molar-refractivity contribution in [2.45, 2.75) is 49.1 Å². The minimum absolute atomic E-state index is 0. The highest BCUT2D eigenvalue weighted by atomic mass is 127. The van der Waals surface area contributed by atoms with Crippen LogP contribution >= 0.6 is 35.6 Å². The monoisotopic (exact) mass is 944 g/mol. The molecule has 0 spiro atoms. The quantitative estimate of drug-likeness (QED) is 0.0549. The summed E-state index contributed by atoms with van der Waals surface area (Å²) < 4.78 is 15.0. The van der Waals surface area contributed by atoms with Crippen LogP contribution in [0, 0.1) is 0 Å². The number of nitrogens with one attached hydrogen (secondary N) is 3. The number of halogens is 2. The number of carbonyl (C=O) groups is 2. The van der Waals surface area contributed by atoms with Gasteiger partial charge in [-0.3, -0.25) is 23.8 Å². The number of aliphatic hydroxyl groups is 6. The van der Waals surface area contributed by atoms with Gasteiger partial charge in [-0.15, -0.1) is 24.0 Å². The third-order valence-corrected chi connectivity index (χ3v) is 8.87. The van der Waals surface area contributed by atoms with Gasteiger partial charge in [-0.2, -0.15) is 30.1 Å². The summed E-state index contributed by atoms with van der Waals surface area (Å²) in [7, 11) is 3.08. The van der Waals surface area contributed by atoms with E-state index in [0.717, 1.165) is 0 Å². The standard InChI is InChI=1S/C15H18N8O5.C10H12ClN5O4.C5H7N3O.HI/c1-17-13(27)6-2-19-23(3-6)15-20-11(16)8-12(21-15)22(5-18-8)14-10(26)9(25)7(4-24)28-14;11-10-14-7(12)4-8(15-10)16(2-13-4)9-6(19)5(18)3(1-17)20-9;1-6-5(9)4-2-7-8-3-4;/h2-3,5,7,9-10,14,24-26H,4H2,1H3,(H,17,27)(H2,16,20,21);2-3,5-6,9,17-19H,1H2,(H2,12,14,15);2-3H,1H3,(H,6,9)(H,7,8);1H/t7-,9+,10?,14-;3-,5+,6?,9-;;/m11../s1. The van der Waals surface area contributed by atoms with Crippen molar-refractivity contribution in [2.24, 2.45) is 0 Å². The molecule has 6 aromatic heterocycles. The van der Waals surface area contributed by atoms with Gasteiger partial charge in [0.15, 0.2) is 35.4 Å². The second-order valence-electron chi connectivity index (χ2n) is 12.2. The summed E-state index contributed by atoms with van der Waals surface area (Å²) in [6.07, 6.45) is -0.334. The predicted octanol–water partition coefficient (Wildman–Crippen LogP) is -3.37. The Labute approximate surface area is 347 Å². The molecule has 2 fully saturated rings. The lowest BCUT2D eigenvalue weighted by atomic mass is 10.1. The number of rotatable bonds is 7. The minimum atomic E-state index is -1.31. The summed E-state index contributed by atoms with van der Waals surface area (Å²) >= 11 is 5.74. The number of aromatic nitrogens is 12. The van der Waals surface area contributed by atoms with E-state index >= 15 is 0 Å². The first-order valence-corrected chi connectivity index (χ1v) is 17.1. The fourth-order valence-corrected chi connectivity index (χ4v) is 5.92. The van der Waals surface area contributed by atoms with E-state index in [9.17, 15) is 35.1 Å². The molecule has 2 aliphatic heterocycles. The molecule has 0 aromatic carbocycles. The van der Waals surface area contributed by atoms with Gasteiger partial charge in [0.1, 0.15) is 47.7 Å². The zero-order valence-corrected chi connectivity index (χ0v) is 33.3. The number of nitrogens with zero attached hydrogens (tertiary/aromatic N) is 11. The molecule has 0 bridgehead atoms. The van der Waals surface area contributed by atoms with Crippen molar-refractivity contribution in [1.29, 1.82) is 0 Å². The van der Waals surface area contributed by atoms with Crippen molar-refractivity contribution in [3.63, 3.8) is 0 Å². The molecule has 58 heavy (non-hydrogen) atoms. The molecular weight excluding hydrogens is 907 g/mol. The Kier molecular flexibility index (Phi) is 14.0. The molecule has 8 heterocycles. The number of hydrogen-bond donors (Lipinski definition) is 11. The van der Waals surface area contributed by atoms with Crippen molar-refractivity contribution in [1.82, 2.24) is 69.6 Å². The SMILES string of the molecule is CNC(=O)c1cn[nH]c1.CNC(=O)c1cnn(-c2nc(N)c3ncn([C@@H]4O[C@H](CO)[C@H](O)C4O)c3n2)c1.I.Nc1nc(Cl)nc2c1ncn2[C@@H]1O[C@H](CO)[C@H](O)C1O. The van der Waals surface area contributed by atoms with Crippen LogP contribution in [0.4, 0.5) is 11.6 Å². The Morgan fingerprint density at radius 3 is 1.79 bits per heavy atom. The van der Waals surface area contributed by atoms with Crippen molar-refractivity contribution in [3.05, 3.63) is 53.9 Å². The van der Waals surface area contributed by atoms with Gasteiger partial charge < -0.3 is 62.2 Å². The summed E-state index contributed by atoms with van der Waals surface area (Å²) in [5.74, 6) is -0.206. The van der Waals surface area contributed by atoms with Gasteiger partial charge >= 0.3 is 0 Å². The molecule has 312 valence electrons. The molecule has 0 radical (unpaired) electrons. The number of anilines is 2. The number of imidazole rings is 2. The average Bonchev–Trinajstić information content (AvgIpc) is 4.07. The molecule has 6 aromatic rings. The Morgan fingerprint density at radius 1 is 0.793 bits per heavy atom. The van der Waals surface area contributed by atoms with Crippen LogP contribution in [0.5, 0.6) is 0 Å². The van der Waals surface area contributed by atoms with Crippen molar-refractivity contribution < 1.29 is 49.7 Å². The fourth-order valence-electron chi connectivity index (χ4n) is 5.74. The van der Waals surface area contributed by atoms with Crippen molar-refractivity contribution >= 4 is 81.4 Å². The van der Waals surface area contributed by atoms with E-state index in [1.165, 1.54) is 52.1 Å². The maximum absolute atomic E-state index is 11.7. The predicted molar refractivity (Wildman–Crippen MR) is 208 cm³/mol. The highest BCUT2D eigenvalue weighted by Crippen LogP contribution is 2.33. The van der Waals surface area contributed by atoms with Crippen molar-refractivity contribution in [3.8, 4) is 5.95 Å². The smallest absolute Gasteiger partial charge is 0.254 e. The average molecular weight is 945 g/mol. The maximum atomic E-state index is 11.7. The molecule has 2 aliphatic rings. The number of nitrogen functional groups attached to an aromatic ring is 2. The molecule has 28 heteroatoms. The number of amides is 2. The number of ether oxygens (including phenoxy) is 2. The van der Waals surface area contributed by atoms with E-state index in [2.05, 4.69) is 55.8 Å². The van der Waals surface area contributed by atoms with E-state index in [1.54, 1.807) is 13.2 Å². The van der Waals surface area contributed by atoms with Crippen LogP contribution in [-0.2, 0) is 9.47 Å². The van der Waals surface area contributed by atoms with Crippen LogP contribution in [0.3, 0.4) is 0 Å². The molecule has 8 rings (SSSR count). The highest BCUT2D eigenvalue weighted by molar-refractivity contribution is 14.0. The lowest BCUT2D eigenvalue weighted by Crippen LogP contribution is -2.33. The third-order valence-electron chi connectivity index (χ3n) is 8.70. The second-order valence-corrected chi connectivity index (χ2v) is 12.5. The third kappa shape index (κ3) is 8.62. The zero-order valence-electron chi connectivity index (χ0n) is 30.2. The van der Waals surface area contributed by atoms with E-state index < -0.39 is 62.3 Å². The second kappa shape index (κ2) is 18.6. The summed E-state index contributed by atoms with van der Waals surface area (Å²) in [6.45, 7) is -0.876. The number of H-pyrrole nitrogens is 1. The number of carbonyl (C=O) groups excluding carboxylic acids is 2. The molecule has 0 aliphatic carbocycles. The van der Waals surface area contributed by atoms with Crippen LogP contribution in [0.2, 0.25) is 5.28 Å². The Balaban J connectivity index is 0.000000186. The molecule has 2 saturated heterocycles. The van der Waals surface area contributed by atoms with Crippen LogP contribution in [-0.4, -0.2) is 165 Å². The number of hydrogen-bond acceptors (Lipinski definition) is 20. The van der Waals surface area contributed by atoms with Gasteiger partial charge in [0.2, 0.25) is 5.28 Å². The van der Waals surface area contributed by atoms with Crippen LogP contribution in [0.25, 0.3) is 28.3 Å². The van der Waals surface area contributed by atoms with Gasteiger partial charge in [0, 0.05) is 26.5 Å². The molecule has 2 unspecified atom stereocenters. The molecule has 8 atom stereocenters. The van der Waals surface area contributed by atoms with Crippen LogP contribution < -0.4 is 22.1 Å². The van der Waals surface area contributed by atoms with Gasteiger partial charge in [-0.05, 0) is 11.6 Å². The normalized spacial score (nSPS) is 23.7. The maximum Gasteiger partial charge on any atom is 0.254 e. The molecule has 13 N–H and O–H groups in total. The first-order valence-electron chi connectivity index (χ1n) is 16.7. The fraction of sp³-hybridized carbons (Fsp3) is 0.400. The van der Waals surface area contributed by atoms with Crippen LogP contribution in [0.1, 0.15) is 33.2 Å². The number of aromatic amines is 1. The number of fused-ring (bicyclic) bond motifs is 2. The van der Waals surface area contributed by atoms with Gasteiger partial charge in [-0.25, -0.2) is 14.6 Å². The number of aliphatic hydroxyl groups excluding tert-OH is 6. The largest absolute Gasteiger partial charge is 0.394 e. The first kappa shape index (κ1) is 43.9. The summed E-state index contributed by atoms with van der Waals surface area (Å²) in [4.78, 5) is 46.9. The Morgan fingerprint density at radius 2 is 1.31 bits per heavy atom. The van der Waals surface area contributed by atoms with Crippen LogP contribution in [0.15, 0.2) is 37.4 Å². The molecule has 26 nitrogen and oxygen atoms in total. The van der Waals surface area contributed by atoms with E-state index in [1.807, 2.05) is 0 Å². The van der Waals surface area contributed by atoms with E-state index in [-0.39, 0.29) is 75.5 Å². The molecule has 0 saturated carbocycles. The lowest BCUT2D eigenvalue weighted by Gasteiger charge is -2.16. The summed E-state index contributed by atoms with van der Waals surface area (Å²) in [5, 5.41) is 73.4. The summed E-state index contributed by atoms with van der Waals surface area (Å²) in [5.41, 5.74) is 13.6. The van der Waals surface area contributed by atoms with Gasteiger partial charge in [0.05, 0.1) is 49.4 Å². The number of nitrogens with two attached hydrogens (primary N) is 2. The van der Waals surface area contributed by atoms with Gasteiger partial charge in [-0.1, -0.05) is 0 Å².